The molecule has 1 atom stereocenters. The van der Waals surface area contributed by atoms with E-state index in [-0.39, 0.29) is 6.04 Å². The van der Waals surface area contributed by atoms with Crippen molar-refractivity contribution < 1.29 is 17.9 Å². The molecule has 2 aliphatic rings. The first-order chi connectivity index (χ1) is 11.1. The van der Waals surface area contributed by atoms with Gasteiger partial charge in [0.15, 0.2) is 0 Å². The van der Waals surface area contributed by atoms with E-state index in [9.17, 15) is 13.2 Å². The Hall–Kier alpha value is -1.11. The zero-order valence-corrected chi connectivity index (χ0v) is 13.1. The van der Waals surface area contributed by atoms with Crippen molar-refractivity contribution in [2.24, 2.45) is 5.92 Å². The summed E-state index contributed by atoms with van der Waals surface area (Å²) in [5, 5.41) is 3.31. The fraction of sp³-hybridized carbons (Fsp3) is 0.647. The average molecular weight is 328 g/mol. The minimum absolute atomic E-state index is 0.0447. The van der Waals surface area contributed by atoms with Gasteiger partial charge in [-0.2, -0.15) is 13.2 Å². The van der Waals surface area contributed by atoms with Crippen LogP contribution in [0.2, 0.25) is 0 Å². The number of benzene rings is 1. The highest BCUT2D eigenvalue weighted by Gasteiger charge is 2.34. The van der Waals surface area contributed by atoms with Crippen molar-refractivity contribution in [2.45, 2.75) is 25.1 Å². The van der Waals surface area contributed by atoms with Gasteiger partial charge in [-0.05, 0) is 36.5 Å². The van der Waals surface area contributed by atoms with Crippen LogP contribution in [0.15, 0.2) is 24.3 Å². The lowest BCUT2D eigenvalue weighted by Gasteiger charge is -2.41. The smallest absolute Gasteiger partial charge is 0.381 e. The van der Waals surface area contributed by atoms with Crippen LogP contribution in [-0.4, -0.2) is 44.3 Å². The van der Waals surface area contributed by atoms with E-state index < -0.39 is 11.7 Å². The molecule has 0 aromatic heterocycles. The monoisotopic (exact) mass is 328 g/mol. The van der Waals surface area contributed by atoms with Gasteiger partial charge in [-0.3, -0.25) is 4.90 Å². The zero-order chi connectivity index (χ0) is 16.3. The first-order valence-electron chi connectivity index (χ1n) is 8.25. The molecule has 0 bridgehead atoms. The highest BCUT2D eigenvalue weighted by Crippen LogP contribution is 2.38. The molecular formula is C17H23F3N2O. The lowest BCUT2D eigenvalue weighted by atomic mass is 9.85. The van der Waals surface area contributed by atoms with Gasteiger partial charge in [0.1, 0.15) is 0 Å². The number of alkyl halides is 3. The molecule has 3 nitrogen and oxygen atoms in total. The van der Waals surface area contributed by atoms with E-state index >= 15 is 0 Å². The molecule has 1 aromatic rings. The van der Waals surface area contributed by atoms with Gasteiger partial charge in [0.25, 0.3) is 0 Å². The number of piperazine rings is 1. The first kappa shape index (κ1) is 16.7. The molecule has 128 valence electrons. The van der Waals surface area contributed by atoms with Crippen molar-refractivity contribution in [1.29, 1.82) is 0 Å². The van der Waals surface area contributed by atoms with E-state index in [4.69, 9.17) is 4.74 Å². The molecular weight excluding hydrogens is 305 g/mol. The third-order valence-electron chi connectivity index (χ3n) is 4.81. The molecule has 0 spiro atoms. The molecule has 6 heteroatoms. The average Bonchev–Trinajstić information content (AvgIpc) is 2.57. The second-order valence-electron chi connectivity index (χ2n) is 6.30. The van der Waals surface area contributed by atoms with Crippen LogP contribution in [0, 0.1) is 5.92 Å². The van der Waals surface area contributed by atoms with E-state index in [1.54, 1.807) is 0 Å². The molecule has 2 heterocycles. The van der Waals surface area contributed by atoms with Crippen LogP contribution >= 0.6 is 0 Å². The summed E-state index contributed by atoms with van der Waals surface area (Å²) in [6.45, 7) is 4.92. The molecule has 0 aliphatic carbocycles. The maximum atomic E-state index is 13.1. The fourth-order valence-electron chi connectivity index (χ4n) is 3.67. The van der Waals surface area contributed by atoms with Crippen LogP contribution in [0.1, 0.15) is 30.0 Å². The molecule has 0 unspecified atom stereocenters. The summed E-state index contributed by atoms with van der Waals surface area (Å²) in [4.78, 5) is 2.34. The van der Waals surface area contributed by atoms with Gasteiger partial charge in [-0.25, -0.2) is 0 Å². The van der Waals surface area contributed by atoms with E-state index in [0.29, 0.717) is 19.1 Å². The van der Waals surface area contributed by atoms with Gasteiger partial charge < -0.3 is 10.1 Å². The van der Waals surface area contributed by atoms with Gasteiger partial charge in [-0.15, -0.1) is 0 Å². The summed E-state index contributed by atoms with van der Waals surface area (Å²) in [5.74, 6) is 0.352. The van der Waals surface area contributed by atoms with Gasteiger partial charge in [-0.1, -0.05) is 12.1 Å². The molecule has 2 saturated heterocycles. The molecule has 0 amide bonds. The number of ether oxygens (including phenoxy) is 1. The third-order valence-corrected chi connectivity index (χ3v) is 4.81. The van der Waals surface area contributed by atoms with Crippen molar-refractivity contribution in [3.05, 3.63) is 35.4 Å². The summed E-state index contributed by atoms with van der Waals surface area (Å²) >= 11 is 0. The lowest BCUT2D eigenvalue weighted by Crippen LogP contribution is -2.47. The van der Waals surface area contributed by atoms with Gasteiger partial charge in [0, 0.05) is 45.4 Å². The van der Waals surface area contributed by atoms with E-state index in [2.05, 4.69) is 10.2 Å². The Morgan fingerprint density at radius 3 is 2.48 bits per heavy atom. The van der Waals surface area contributed by atoms with Crippen LogP contribution in [-0.2, 0) is 10.9 Å². The number of hydrogen-bond donors (Lipinski definition) is 1. The predicted octanol–water partition coefficient (Wildman–Crippen LogP) is 3.08. The number of halogens is 3. The lowest BCUT2D eigenvalue weighted by molar-refractivity contribution is -0.137. The second kappa shape index (κ2) is 7.20. The van der Waals surface area contributed by atoms with Crippen molar-refractivity contribution in [1.82, 2.24) is 10.2 Å². The van der Waals surface area contributed by atoms with Gasteiger partial charge in [0.05, 0.1) is 5.56 Å². The maximum Gasteiger partial charge on any atom is 0.416 e. The van der Waals surface area contributed by atoms with E-state index in [1.165, 1.54) is 12.1 Å². The molecule has 0 saturated carbocycles. The quantitative estimate of drug-likeness (QED) is 0.923. The topological polar surface area (TPSA) is 24.5 Å². The maximum absolute atomic E-state index is 13.1. The Morgan fingerprint density at radius 1 is 1.13 bits per heavy atom. The molecule has 1 N–H and O–H groups in total. The number of hydrogen-bond acceptors (Lipinski definition) is 3. The molecule has 0 radical (unpaired) electrons. The highest BCUT2D eigenvalue weighted by molar-refractivity contribution is 5.29. The van der Waals surface area contributed by atoms with Crippen LogP contribution in [0.3, 0.4) is 0 Å². The summed E-state index contributed by atoms with van der Waals surface area (Å²) < 4.78 is 44.7. The largest absolute Gasteiger partial charge is 0.416 e. The van der Waals surface area contributed by atoms with Crippen molar-refractivity contribution in [3.8, 4) is 0 Å². The van der Waals surface area contributed by atoms with Gasteiger partial charge in [0.2, 0.25) is 0 Å². The predicted molar refractivity (Wildman–Crippen MR) is 82.2 cm³/mol. The number of nitrogens with one attached hydrogen (secondary N) is 1. The second-order valence-corrected chi connectivity index (χ2v) is 6.30. The number of rotatable bonds is 3. The Labute approximate surface area is 134 Å². The summed E-state index contributed by atoms with van der Waals surface area (Å²) in [7, 11) is 0. The van der Waals surface area contributed by atoms with Crippen LogP contribution in [0.4, 0.5) is 13.2 Å². The van der Waals surface area contributed by atoms with Crippen LogP contribution in [0.5, 0.6) is 0 Å². The SMILES string of the molecule is FC(F)(F)c1cccc([C@@H](C2CCOCC2)N2CCNCC2)c1. The Kier molecular flexibility index (Phi) is 5.24. The minimum Gasteiger partial charge on any atom is -0.381 e. The van der Waals surface area contributed by atoms with E-state index in [0.717, 1.165) is 50.7 Å². The molecule has 3 rings (SSSR count). The fourth-order valence-corrected chi connectivity index (χ4v) is 3.67. The standard InChI is InChI=1S/C17H23F3N2O/c18-17(19,20)15-3-1-2-14(12-15)16(13-4-10-23-11-5-13)22-8-6-21-7-9-22/h1-3,12-13,16,21H,4-11H2/t16-/m1/s1. The summed E-state index contributed by atoms with van der Waals surface area (Å²) in [6.07, 6.45) is -2.48. The van der Waals surface area contributed by atoms with Crippen molar-refractivity contribution in [3.63, 3.8) is 0 Å². The van der Waals surface area contributed by atoms with Crippen LogP contribution in [0.25, 0.3) is 0 Å². The zero-order valence-electron chi connectivity index (χ0n) is 13.1. The Balaban J connectivity index is 1.90. The Morgan fingerprint density at radius 2 is 1.83 bits per heavy atom. The van der Waals surface area contributed by atoms with Crippen molar-refractivity contribution >= 4 is 0 Å². The molecule has 2 aliphatic heterocycles. The Bertz CT molecular complexity index is 491. The third kappa shape index (κ3) is 4.05. The van der Waals surface area contributed by atoms with Gasteiger partial charge >= 0.3 is 6.18 Å². The molecule has 23 heavy (non-hydrogen) atoms. The first-order valence-corrected chi connectivity index (χ1v) is 8.25. The van der Waals surface area contributed by atoms with Crippen molar-refractivity contribution in [2.75, 3.05) is 39.4 Å². The minimum atomic E-state index is -4.29. The molecule has 2 fully saturated rings. The molecule has 1 aromatic carbocycles. The summed E-state index contributed by atoms with van der Waals surface area (Å²) in [6, 6.07) is 5.91. The summed E-state index contributed by atoms with van der Waals surface area (Å²) in [5.41, 5.74) is 0.232. The highest BCUT2D eigenvalue weighted by atomic mass is 19.4. The van der Waals surface area contributed by atoms with Crippen LogP contribution < -0.4 is 5.32 Å². The van der Waals surface area contributed by atoms with E-state index in [1.807, 2.05) is 6.07 Å². The number of nitrogens with zero attached hydrogens (tertiary/aromatic N) is 1. The normalized spacial score (nSPS) is 22.9.